The number of nitrogens with zero attached hydrogens (tertiary/aromatic N) is 2. The molecule has 2 saturated heterocycles. The highest BCUT2D eigenvalue weighted by atomic mass is 19.1. The molecule has 4 rings (SSSR count). The van der Waals surface area contributed by atoms with Gasteiger partial charge in [0.1, 0.15) is 11.6 Å². The van der Waals surface area contributed by atoms with E-state index in [1.165, 1.54) is 24.3 Å². The van der Waals surface area contributed by atoms with Crippen LogP contribution in [0.15, 0.2) is 54.1 Å². The number of aliphatic hydroxyl groups is 1. The first kappa shape index (κ1) is 23.1. The van der Waals surface area contributed by atoms with Gasteiger partial charge in [0, 0.05) is 31.7 Å². The number of aliphatic hydroxyl groups excluding tert-OH is 1. The molecule has 7 heteroatoms. The highest BCUT2D eigenvalue weighted by molar-refractivity contribution is 6.46. The molecular formula is C26H29FN2O4. The van der Waals surface area contributed by atoms with Crippen molar-refractivity contribution in [1.82, 2.24) is 9.80 Å². The number of carbonyl (C=O) groups excluding carboxylic acids is 2. The van der Waals surface area contributed by atoms with Gasteiger partial charge in [0.05, 0.1) is 24.8 Å². The molecule has 2 aliphatic rings. The Hall–Kier alpha value is -3.03. The van der Waals surface area contributed by atoms with Crippen LogP contribution in [0.5, 0.6) is 0 Å². The number of benzene rings is 2. The summed E-state index contributed by atoms with van der Waals surface area (Å²) >= 11 is 0. The first-order valence-corrected chi connectivity index (χ1v) is 11.4. The first-order valence-electron chi connectivity index (χ1n) is 11.4. The lowest BCUT2D eigenvalue weighted by Crippen LogP contribution is -2.38. The number of hydrogen-bond donors (Lipinski definition) is 1. The molecule has 0 unspecified atom stereocenters. The lowest BCUT2D eigenvalue weighted by Gasteiger charge is -2.29. The maximum Gasteiger partial charge on any atom is 0.295 e. The van der Waals surface area contributed by atoms with E-state index in [-0.39, 0.29) is 11.3 Å². The quantitative estimate of drug-likeness (QED) is 0.395. The van der Waals surface area contributed by atoms with Gasteiger partial charge in [0.25, 0.3) is 11.7 Å². The summed E-state index contributed by atoms with van der Waals surface area (Å²) in [6, 6.07) is 12.3. The Morgan fingerprint density at radius 2 is 1.70 bits per heavy atom. The third-order valence-electron chi connectivity index (χ3n) is 6.34. The number of rotatable bonds is 7. The van der Waals surface area contributed by atoms with Crippen LogP contribution in [-0.4, -0.2) is 66.0 Å². The fourth-order valence-corrected chi connectivity index (χ4v) is 4.45. The van der Waals surface area contributed by atoms with Crippen LogP contribution in [-0.2, 0) is 20.7 Å². The van der Waals surface area contributed by atoms with E-state index in [1.807, 2.05) is 24.3 Å². The number of morpholine rings is 1. The SMILES string of the molecule is CCc1ccc([C@@H]2/C(=C(\O)c3ccc(F)cc3)C(=O)C(=O)N2CCCN2CCOCC2)cc1. The Bertz CT molecular complexity index is 1030. The second-order valence-corrected chi connectivity index (χ2v) is 8.40. The molecule has 2 aliphatic heterocycles. The lowest BCUT2D eigenvalue weighted by atomic mass is 9.94. The molecular weight excluding hydrogens is 423 g/mol. The molecule has 1 amide bonds. The Balaban J connectivity index is 1.66. The summed E-state index contributed by atoms with van der Waals surface area (Å²) in [6.45, 7) is 6.35. The Morgan fingerprint density at radius 3 is 2.33 bits per heavy atom. The predicted molar refractivity (Wildman–Crippen MR) is 123 cm³/mol. The molecule has 1 N–H and O–H groups in total. The van der Waals surface area contributed by atoms with Crippen LogP contribution in [0.25, 0.3) is 5.76 Å². The zero-order chi connectivity index (χ0) is 23.4. The first-order chi connectivity index (χ1) is 16.0. The molecule has 1 atom stereocenters. The fourth-order valence-electron chi connectivity index (χ4n) is 4.45. The smallest absolute Gasteiger partial charge is 0.295 e. The van der Waals surface area contributed by atoms with Crippen molar-refractivity contribution in [3.05, 3.63) is 76.6 Å². The van der Waals surface area contributed by atoms with E-state index in [4.69, 9.17) is 4.74 Å². The van der Waals surface area contributed by atoms with Gasteiger partial charge in [-0.2, -0.15) is 0 Å². The van der Waals surface area contributed by atoms with Crippen molar-refractivity contribution in [2.45, 2.75) is 25.8 Å². The van der Waals surface area contributed by atoms with Crippen molar-refractivity contribution in [3.63, 3.8) is 0 Å². The van der Waals surface area contributed by atoms with E-state index < -0.39 is 23.5 Å². The number of halogens is 1. The van der Waals surface area contributed by atoms with Crippen LogP contribution >= 0.6 is 0 Å². The summed E-state index contributed by atoms with van der Waals surface area (Å²) in [6.07, 6.45) is 1.57. The average Bonchev–Trinajstić information content (AvgIpc) is 3.10. The summed E-state index contributed by atoms with van der Waals surface area (Å²) in [7, 11) is 0. The molecule has 2 heterocycles. The highest BCUT2D eigenvalue weighted by Gasteiger charge is 2.45. The maximum absolute atomic E-state index is 13.4. The molecule has 174 valence electrons. The van der Waals surface area contributed by atoms with E-state index >= 15 is 0 Å². The van der Waals surface area contributed by atoms with Crippen LogP contribution in [0.4, 0.5) is 4.39 Å². The minimum Gasteiger partial charge on any atom is -0.507 e. The van der Waals surface area contributed by atoms with Gasteiger partial charge >= 0.3 is 0 Å². The van der Waals surface area contributed by atoms with Gasteiger partial charge < -0.3 is 14.7 Å². The van der Waals surface area contributed by atoms with Crippen molar-refractivity contribution in [1.29, 1.82) is 0 Å². The number of amides is 1. The Morgan fingerprint density at radius 1 is 1.03 bits per heavy atom. The average molecular weight is 453 g/mol. The van der Waals surface area contributed by atoms with Gasteiger partial charge in [-0.05, 0) is 48.2 Å². The number of hydrogen-bond acceptors (Lipinski definition) is 5. The number of carbonyl (C=O) groups is 2. The van der Waals surface area contributed by atoms with Crippen molar-refractivity contribution < 1.29 is 23.8 Å². The minimum absolute atomic E-state index is 0.0437. The van der Waals surface area contributed by atoms with E-state index in [1.54, 1.807) is 4.90 Å². The van der Waals surface area contributed by atoms with E-state index in [0.717, 1.165) is 37.2 Å². The van der Waals surface area contributed by atoms with Gasteiger partial charge in [0.15, 0.2) is 0 Å². The van der Waals surface area contributed by atoms with E-state index in [2.05, 4.69) is 11.8 Å². The molecule has 0 aromatic heterocycles. The Kier molecular flexibility index (Phi) is 7.20. The molecule has 2 fully saturated rings. The molecule has 2 aromatic rings. The molecule has 0 spiro atoms. The normalized spacial score (nSPS) is 21.0. The van der Waals surface area contributed by atoms with Gasteiger partial charge in [-0.1, -0.05) is 31.2 Å². The maximum atomic E-state index is 13.4. The molecule has 33 heavy (non-hydrogen) atoms. The summed E-state index contributed by atoms with van der Waals surface area (Å²) < 4.78 is 18.8. The van der Waals surface area contributed by atoms with Crippen molar-refractivity contribution in [2.75, 3.05) is 39.4 Å². The summed E-state index contributed by atoms with van der Waals surface area (Å²) in [4.78, 5) is 29.9. The fraction of sp³-hybridized carbons (Fsp3) is 0.385. The van der Waals surface area contributed by atoms with Crippen molar-refractivity contribution >= 4 is 17.4 Å². The number of likely N-dealkylation sites (tertiary alicyclic amines) is 1. The number of ether oxygens (including phenoxy) is 1. The van der Waals surface area contributed by atoms with Gasteiger partial charge in [-0.25, -0.2) is 4.39 Å². The van der Waals surface area contributed by atoms with Crippen LogP contribution in [0, 0.1) is 5.82 Å². The third kappa shape index (κ3) is 4.99. The second kappa shape index (κ2) is 10.3. The zero-order valence-electron chi connectivity index (χ0n) is 18.8. The third-order valence-corrected chi connectivity index (χ3v) is 6.34. The van der Waals surface area contributed by atoms with Crippen LogP contribution < -0.4 is 0 Å². The van der Waals surface area contributed by atoms with E-state index in [0.29, 0.717) is 31.7 Å². The molecule has 0 aliphatic carbocycles. The number of aryl methyl sites for hydroxylation is 1. The zero-order valence-corrected chi connectivity index (χ0v) is 18.8. The molecule has 0 radical (unpaired) electrons. The van der Waals surface area contributed by atoms with E-state index in [9.17, 15) is 19.1 Å². The summed E-state index contributed by atoms with van der Waals surface area (Å²) in [5, 5.41) is 11.0. The second-order valence-electron chi connectivity index (χ2n) is 8.40. The minimum atomic E-state index is -0.715. The Labute approximate surface area is 193 Å². The van der Waals surface area contributed by atoms with Crippen LogP contribution in [0.3, 0.4) is 0 Å². The molecule has 0 bridgehead atoms. The predicted octanol–water partition coefficient (Wildman–Crippen LogP) is 3.53. The van der Waals surface area contributed by atoms with Crippen molar-refractivity contribution in [2.24, 2.45) is 0 Å². The lowest BCUT2D eigenvalue weighted by molar-refractivity contribution is -0.140. The number of Topliss-reactive ketones (excluding diaryl/α,β-unsaturated/α-hetero) is 1. The monoisotopic (exact) mass is 452 g/mol. The highest BCUT2D eigenvalue weighted by Crippen LogP contribution is 2.39. The number of ketones is 1. The van der Waals surface area contributed by atoms with Crippen LogP contribution in [0.1, 0.15) is 36.1 Å². The van der Waals surface area contributed by atoms with Crippen molar-refractivity contribution in [3.8, 4) is 0 Å². The summed E-state index contributed by atoms with van der Waals surface area (Å²) in [5.74, 6) is -2.06. The topological polar surface area (TPSA) is 70.1 Å². The largest absolute Gasteiger partial charge is 0.507 e. The molecule has 6 nitrogen and oxygen atoms in total. The van der Waals surface area contributed by atoms with Gasteiger partial charge in [0.2, 0.25) is 0 Å². The summed E-state index contributed by atoms with van der Waals surface area (Å²) in [5.41, 5.74) is 2.25. The van der Waals surface area contributed by atoms with Gasteiger partial charge in [-0.15, -0.1) is 0 Å². The molecule has 2 aromatic carbocycles. The standard InChI is InChI=1S/C26H29FN2O4/c1-2-18-4-6-19(7-5-18)23-22(24(30)20-8-10-21(27)11-9-20)25(31)26(32)29(23)13-3-12-28-14-16-33-17-15-28/h4-11,23,30H,2-3,12-17H2,1H3/b24-22+/t23-/m1/s1. The van der Waals surface area contributed by atoms with Gasteiger partial charge in [-0.3, -0.25) is 14.5 Å². The van der Waals surface area contributed by atoms with Crippen LogP contribution in [0.2, 0.25) is 0 Å². The molecule has 0 saturated carbocycles.